The monoisotopic (exact) mass is 261 g/mol. The molecule has 0 aromatic heterocycles. The van der Waals surface area contributed by atoms with E-state index in [2.05, 4.69) is 10.6 Å². The van der Waals surface area contributed by atoms with Gasteiger partial charge in [-0.1, -0.05) is 12.1 Å². The molecule has 0 unspecified atom stereocenters. The molecule has 3 N–H and O–H groups in total. The molecule has 6 nitrogen and oxygen atoms in total. The number of para-hydroxylation sites is 1. The zero-order valence-electron chi connectivity index (χ0n) is 10.3. The Kier molecular flexibility index (Phi) is 5.89. The van der Waals surface area contributed by atoms with Crippen LogP contribution in [0, 0.1) is 11.3 Å². The van der Waals surface area contributed by atoms with Gasteiger partial charge in [0.25, 0.3) is 5.91 Å². The number of rotatable bonds is 6. The van der Waals surface area contributed by atoms with E-state index in [9.17, 15) is 14.7 Å². The minimum absolute atomic E-state index is 0.0673. The van der Waals surface area contributed by atoms with Crippen LogP contribution in [-0.4, -0.2) is 30.0 Å². The van der Waals surface area contributed by atoms with E-state index >= 15 is 0 Å². The van der Waals surface area contributed by atoms with Crippen LogP contribution in [-0.2, 0) is 4.79 Å². The molecule has 0 atom stereocenters. The summed E-state index contributed by atoms with van der Waals surface area (Å²) >= 11 is 0. The Balaban J connectivity index is 2.24. The first-order valence-corrected chi connectivity index (χ1v) is 5.85. The molecule has 0 spiro atoms. The molecule has 100 valence electrons. The van der Waals surface area contributed by atoms with E-state index < -0.39 is 0 Å². The Hall–Kier alpha value is -2.55. The number of hydrogen-bond acceptors (Lipinski definition) is 4. The van der Waals surface area contributed by atoms with E-state index in [0.29, 0.717) is 19.5 Å². The van der Waals surface area contributed by atoms with Gasteiger partial charge in [-0.05, 0) is 18.6 Å². The highest BCUT2D eigenvalue weighted by molar-refractivity contribution is 5.96. The summed E-state index contributed by atoms with van der Waals surface area (Å²) in [4.78, 5) is 22.6. The second-order valence-corrected chi connectivity index (χ2v) is 3.81. The summed E-state index contributed by atoms with van der Waals surface area (Å²) in [6, 6.07) is 8.01. The van der Waals surface area contributed by atoms with Crippen molar-refractivity contribution in [3.8, 4) is 11.8 Å². The molecule has 2 amide bonds. The molecule has 1 rings (SSSR count). The Morgan fingerprint density at radius 3 is 2.58 bits per heavy atom. The third-order valence-electron chi connectivity index (χ3n) is 2.35. The van der Waals surface area contributed by atoms with Crippen LogP contribution in [0.15, 0.2) is 24.3 Å². The highest BCUT2D eigenvalue weighted by atomic mass is 16.3. The van der Waals surface area contributed by atoms with Gasteiger partial charge in [-0.25, -0.2) is 0 Å². The van der Waals surface area contributed by atoms with Gasteiger partial charge in [0, 0.05) is 13.1 Å². The Morgan fingerprint density at radius 2 is 1.89 bits per heavy atom. The van der Waals surface area contributed by atoms with E-state index in [0.717, 1.165) is 0 Å². The van der Waals surface area contributed by atoms with Gasteiger partial charge in [-0.15, -0.1) is 0 Å². The van der Waals surface area contributed by atoms with Crippen molar-refractivity contribution >= 4 is 11.8 Å². The number of phenols is 1. The molecule has 19 heavy (non-hydrogen) atoms. The van der Waals surface area contributed by atoms with Crippen LogP contribution in [0.2, 0.25) is 0 Å². The number of nitrogens with one attached hydrogen (secondary N) is 2. The van der Waals surface area contributed by atoms with Crippen molar-refractivity contribution in [2.45, 2.75) is 12.8 Å². The van der Waals surface area contributed by atoms with Gasteiger partial charge in [0.2, 0.25) is 5.91 Å². The largest absolute Gasteiger partial charge is 0.507 e. The van der Waals surface area contributed by atoms with Crippen LogP contribution >= 0.6 is 0 Å². The first-order chi connectivity index (χ1) is 9.15. The molecule has 0 heterocycles. The summed E-state index contributed by atoms with van der Waals surface area (Å²) in [6.45, 7) is 0.765. The molecule has 1 aromatic rings. The molecule has 0 bridgehead atoms. The van der Waals surface area contributed by atoms with Gasteiger partial charge in [-0.3, -0.25) is 9.59 Å². The topological polar surface area (TPSA) is 102 Å². The molecule has 0 saturated carbocycles. The van der Waals surface area contributed by atoms with E-state index in [4.69, 9.17) is 5.26 Å². The molecule has 1 aromatic carbocycles. The van der Waals surface area contributed by atoms with Gasteiger partial charge < -0.3 is 15.7 Å². The van der Waals surface area contributed by atoms with Crippen LogP contribution in [0.3, 0.4) is 0 Å². The Morgan fingerprint density at radius 1 is 1.21 bits per heavy atom. The maximum Gasteiger partial charge on any atom is 0.255 e. The number of benzene rings is 1. The Bertz CT molecular complexity index is 494. The summed E-state index contributed by atoms with van der Waals surface area (Å²) in [6.07, 6.45) is 0.390. The van der Waals surface area contributed by atoms with Crippen molar-refractivity contribution in [1.82, 2.24) is 10.6 Å². The average Bonchev–Trinajstić information content (AvgIpc) is 2.39. The van der Waals surface area contributed by atoms with Gasteiger partial charge in [0.15, 0.2) is 0 Å². The smallest absolute Gasteiger partial charge is 0.255 e. The highest BCUT2D eigenvalue weighted by Gasteiger charge is 2.08. The van der Waals surface area contributed by atoms with Crippen LogP contribution in [0.4, 0.5) is 0 Å². The Labute approximate surface area is 111 Å². The minimum Gasteiger partial charge on any atom is -0.507 e. The second-order valence-electron chi connectivity index (χ2n) is 3.81. The lowest BCUT2D eigenvalue weighted by Gasteiger charge is -2.07. The number of carbonyl (C=O) groups is 2. The van der Waals surface area contributed by atoms with Gasteiger partial charge >= 0.3 is 0 Å². The first-order valence-electron chi connectivity index (χ1n) is 5.85. The lowest BCUT2D eigenvalue weighted by atomic mass is 10.2. The maximum absolute atomic E-state index is 11.7. The van der Waals surface area contributed by atoms with Crippen molar-refractivity contribution in [3.05, 3.63) is 29.8 Å². The predicted octanol–water partition coefficient (Wildman–Crippen LogP) is 0.542. The fourth-order valence-corrected chi connectivity index (χ4v) is 1.41. The summed E-state index contributed by atoms with van der Waals surface area (Å²) in [5.74, 6) is -0.752. The molecule has 0 aliphatic heterocycles. The zero-order chi connectivity index (χ0) is 14.1. The number of hydrogen-bond donors (Lipinski definition) is 3. The van der Waals surface area contributed by atoms with Crippen LogP contribution in [0.1, 0.15) is 23.2 Å². The van der Waals surface area contributed by atoms with Gasteiger partial charge in [-0.2, -0.15) is 5.26 Å². The fraction of sp³-hybridized carbons (Fsp3) is 0.308. The van der Waals surface area contributed by atoms with Crippen LogP contribution < -0.4 is 10.6 Å². The number of nitriles is 1. The summed E-state index contributed by atoms with van der Waals surface area (Å²) in [5, 5.41) is 22.9. The first kappa shape index (κ1) is 14.5. The zero-order valence-corrected chi connectivity index (χ0v) is 10.3. The molecular formula is C13H15N3O3. The van der Waals surface area contributed by atoms with Crippen molar-refractivity contribution < 1.29 is 14.7 Å². The van der Waals surface area contributed by atoms with E-state index in [1.807, 2.05) is 0 Å². The number of aromatic hydroxyl groups is 1. The minimum atomic E-state index is -0.360. The quantitative estimate of drug-likeness (QED) is 0.650. The SMILES string of the molecule is N#CCC(=O)NCCCNC(=O)c1ccccc1O. The van der Waals surface area contributed by atoms with Gasteiger partial charge in [0.1, 0.15) is 12.2 Å². The molecule has 0 saturated heterocycles. The molecule has 0 fully saturated rings. The average molecular weight is 261 g/mol. The number of phenolic OH excluding ortho intramolecular Hbond substituents is 1. The highest BCUT2D eigenvalue weighted by Crippen LogP contribution is 2.14. The third-order valence-corrected chi connectivity index (χ3v) is 2.35. The summed E-state index contributed by atoms with van der Waals surface area (Å²) < 4.78 is 0. The van der Waals surface area contributed by atoms with Crippen molar-refractivity contribution in [2.24, 2.45) is 0 Å². The standard InChI is InChI=1S/C13H15N3O3/c14-7-6-12(18)15-8-3-9-16-13(19)10-4-1-2-5-11(10)17/h1-2,4-5,17H,3,6,8-9H2,(H,15,18)(H,16,19). The normalized spacial score (nSPS) is 9.42. The summed E-state index contributed by atoms with van der Waals surface area (Å²) in [5.41, 5.74) is 0.219. The number of amides is 2. The van der Waals surface area contributed by atoms with Crippen molar-refractivity contribution in [3.63, 3.8) is 0 Å². The van der Waals surface area contributed by atoms with E-state index in [1.165, 1.54) is 12.1 Å². The predicted molar refractivity (Wildman–Crippen MR) is 68.3 cm³/mol. The lowest BCUT2D eigenvalue weighted by molar-refractivity contribution is -0.120. The molecule has 6 heteroatoms. The fourth-order valence-electron chi connectivity index (χ4n) is 1.41. The van der Waals surface area contributed by atoms with E-state index in [-0.39, 0.29) is 29.5 Å². The lowest BCUT2D eigenvalue weighted by Crippen LogP contribution is -2.29. The second kappa shape index (κ2) is 7.71. The van der Waals surface area contributed by atoms with Crippen LogP contribution in [0.25, 0.3) is 0 Å². The number of nitrogens with zero attached hydrogens (tertiary/aromatic N) is 1. The molecular weight excluding hydrogens is 246 g/mol. The molecule has 0 aliphatic carbocycles. The van der Waals surface area contributed by atoms with Gasteiger partial charge in [0.05, 0.1) is 11.6 Å². The molecule has 0 aliphatic rings. The number of carbonyl (C=O) groups excluding carboxylic acids is 2. The maximum atomic E-state index is 11.7. The van der Waals surface area contributed by atoms with E-state index in [1.54, 1.807) is 18.2 Å². The van der Waals surface area contributed by atoms with Crippen LogP contribution in [0.5, 0.6) is 5.75 Å². The van der Waals surface area contributed by atoms with Crippen molar-refractivity contribution in [2.75, 3.05) is 13.1 Å². The molecule has 0 radical (unpaired) electrons. The summed E-state index contributed by atoms with van der Waals surface area (Å²) in [7, 11) is 0. The third kappa shape index (κ3) is 5.08. The van der Waals surface area contributed by atoms with Crippen molar-refractivity contribution in [1.29, 1.82) is 5.26 Å².